The van der Waals surface area contributed by atoms with E-state index in [0.29, 0.717) is 11.5 Å². The summed E-state index contributed by atoms with van der Waals surface area (Å²) in [5.41, 5.74) is 4.16. The molecule has 312 valence electrons. The van der Waals surface area contributed by atoms with Crippen LogP contribution in [-0.4, -0.2) is 59.5 Å². The normalized spacial score (nSPS) is 11.1. The maximum absolute atomic E-state index is 13.3. The van der Waals surface area contributed by atoms with E-state index >= 15 is 0 Å². The first-order valence-electron chi connectivity index (χ1n) is 17.6. The minimum Gasteiger partial charge on any atom is -0.497 e. The average Bonchev–Trinajstić information content (AvgIpc) is 3.24. The number of sulfonamides is 1. The molecule has 4 aromatic carbocycles. The first-order valence-corrected chi connectivity index (χ1v) is 22.1. The van der Waals surface area contributed by atoms with E-state index in [1.165, 1.54) is 52.1 Å². The van der Waals surface area contributed by atoms with E-state index in [9.17, 15) is 16.8 Å². The molecule has 59 heavy (non-hydrogen) atoms. The highest BCUT2D eigenvalue weighted by molar-refractivity contribution is 8.13. The molecule has 0 spiro atoms. The lowest BCUT2D eigenvalue weighted by Crippen LogP contribution is -2.30. The van der Waals surface area contributed by atoms with Crippen LogP contribution in [0.4, 0.5) is 0 Å². The average molecular weight is 902 g/mol. The first-order chi connectivity index (χ1) is 28.2. The quantitative estimate of drug-likeness (QED) is 0.0780. The molecule has 0 aliphatic carbocycles. The summed E-state index contributed by atoms with van der Waals surface area (Å²) in [4.78, 5) is 7.52. The largest absolute Gasteiger partial charge is 0.497 e. The van der Waals surface area contributed by atoms with Gasteiger partial charge in [0.15, 0.2) is 0 Å². The fourth-order valence-corrected chi connectivity index (χ4v) is 7.83. The Labute approximate surface area is 360 Å². The molecular formula is C42H43Cl3N4O8S2. The zero-order valence-corrected chi connectivity index (χ0v) is 36.5. The topological polar surface area (TPSA) is 146 Å². The van der Waals surface area contributed by atoms with Crippen molar-refractivity contribution in [1.29, 1.82) is 0 Å². The van der Waals surface area contributed by atoms with Crippen LogP contribution >= 0.6 is 33.9 Å². The SMILES string of the molecule is COc1ccc(CN(Cc2ccc(OC)cc2)S(=O)(=O)c2ccnc(Cl)c2)cc1.COc1ccc(CNCc2ccc(OC)cc2)cc1.O=S(=O)(Cl)c1ccnc(Cl)c1. The van der Waals surface area contributed by atoms with Gasteiger partial charge in [-0.15, -0.1) is 0 Å². The minimum atomic E-state index is -3.80. The van der Waals surface area contributed by atoms with Crippen molar-refractivity contribution < 1.29 is 35.8 Å². The molecule has 0 saturated heterocycles. The third-order valence-corrected chi connectivity index (χ3v) is 11.9. The zero-order valence-electron chi connectivity index (χ0n) is 32.6. The summed E-state index contributed by atoms with van der Waals surface area (Å²) < 4.78 is 70.0. The van der Waals surface area contributed by atoms with Crippen LogP contribution in [-0.2, 0) is 45.3 Å². The number of methoxy groups -OCH3 is 4. The van der Waals surface area contributed by atoms with Crippen LogP contribution in [0, 0.1) is 0 Å². The highest BCUT2D eigenvalue weighted by Gasteiger charge is 2.25. The number of nitrogens with one attached hydrogen (secondary N) is 1. The summed E-state index contributed by atoms with van der Waals surface area (Å²) in [6.07, 6.45) is 2.66. The molecule has 1 N–H and O–H groups in total. The number of benzene rings is 4. The Morgan fingerprint density at radius 3 is 1.14 bits per heavy atom. The van der Waals surface area contributed by atoms with Gasteiger partial charge in [-0.25, -0.2) is 26.8 Å². The minimum absolute atomic E-state index is 0.0424. The van der Waals surface area contributed by atoms with Crippen molar-refractivity contribution in [2.45, 2.75) is 36.0 Å². The fourth-order valence-electron chi connectivity index (χ4n) is 5.16. The molecule has 6 aromatic rings. The Kier molecular flexibility index (Phi) is 18.2. The van der Waals surface area contributed by atoms with Crippen molar-refractivity contribution in [3.8, 4) is 23.0 Å². The molecule has 2 aromatic heterocycles. The molecule has 0 bridgehead atoms. The Hall–Kier alpha value is -4.93. The van der Waals surface area contributed by atoms with Crippen LogP contribution < -0.4 is 24.3 Å². The van der Waals surface area contributed by atoms with E-state index < -0.39 is 19.1 Å². The van der Waals surface area contributed by atoms with Crippen molar-refractivity contribution in [3.63, 3.8) is 0 Å². The number of hydrogen-bond donors (Lipinski definition) is 1. The molecule has 0 unspecified atom stereocenters. The molecule has 0 atom stereocenters. The van der Waals surface area contributed by atoms with Gasteiger partial charge in [0, 0.05) is 49.3 Å². The lowest BCUT2D eigenvalue weighted by atomic mass is 10.2. The molecule has 0 aliphatic heterocycles. The molecule has 6 rings (SSSR count). The van der Waals surface area contributed by atoms with Crippen LogP contribution in [0.15, 0.2) is 144 Å². The highest BCUT2D eigenvalue weighted by atomic mass is 35.7. The van der Waals surface area contributed by atoms with Crippen LogP contribution in [0.5, 0.6) is 23.0 Å². The van der Waals surface area contributed by atoms with Crippen molar-refractivity contribution in [1.82, 2.24) is 19.6 Å². The van der Waals surface area contributed by atoms with Crippen LogP contribution in [0.2, 0.25) is 10.3 Å². The second-order valence-electron chi connectivity index (χ2n) is 12.3. The third-order valence-electron chi connectivity index (χ3n) is 8.33. The predicted octanol–water partition coefficient (Wildman–Crippen LogP) is 8.80. The summed E-state index contributed by atoms with van der Waals surface area (Å²) in [6.45, 7) is 2.07. The Morgan fingerprint density at radius 1 is 0.508 bits per heavy atom. The van der Waals surface area contributed by atoms with Crippen molar-refractivity contribution in [2.24, 2.45) is 0 Å². The number of hydrogen-bond acceptors (Lipinski definition) is 11. The molecule has 0 aliphatic rings. The van der Waals surface area contributed by atoms with E-state index in [2.05, 4.69) is 39.6 Å². The summed E-state index contributed by atoms with van der Waals surface area (Å²) in [5, 5.41) is 3.64. The number of pyridine rings is 2. The summed E-state index contributed by atoms with van der Waals surface area (Å²) >= 11 is 11.3. The van der Waals surface area contributed by atoms with E-state index in [-0.39, 0.29) is 33.2 Å². The van der Waals surface area contributed by atoms with E-state index in [4.69, 9.17) is 52.8 Å². The first kappa shape index (κ1) is 46.8. The second-order valence-corrected chi connectivity index (χ2v) is 17.6. The molecule has 0 fully saturated rings. The smallest absolute Gasteiger partial charge is 0.261 e. The second kappa shape index (κ2) is 23.0. The molecule has 12 nitrogen and oxygen atoms in total. The van der Waals surface area contributed by atoms with Gasteiger partial charge in [0.2, 0.25) is 10.0 Å². The molecule has 0 saturated carbocycles. The van der Waals surface area contributed by atoms with Crippen LogP contribution in [0.25, 0.3) is 0 Å². The standard InChI is InChI=1S/C21H21ClN2O4S.C16H19NO2.C5H3Cl2NO2S/c1-27-18-7-3-16(4-8-18)14-24(15-17-5-9-19(28-2)10-6-17)29(25,26)20-11-12-23-21(22)13-20;1-18-15-7-3-13(4-8-15)11-17-12-14-5-9-16(19-2)10-6-14;6-5-3-4(1-2-8-5)11(7,9)10/h3-13H,14-15H2,1-2H3;3-10,17H,11-12H2,1-2H3;1-3H. The lowest BCUT2D eigenvalue weighted by molar-refractivity contribution is 0.397. The van der Waals surface area contributed by atoms with Crippen LogP contribution in [0.1, 0.15) is 22.3 Å². The Morgan fingerprint density at radius 2 is 0.831 bits per heavy atom. The molecule has 2 heterocycles. The molecule has 0 radical (unpaired) electrons. The van der Waals surface area contributed by atoms with Gasteiger partial charge in [0.25, 0.3) is 9.05 Å². The molecule has 0 amide bonds. The summed E-state index contributed by atoms with van der Waals surface area (Å²) in [5.74, 6) is 3.19. The van der Waals surface area contributed by atoms with Gasteiger partial charge >= 0.3 is 0 Å². The number of ether oxygens (including phenoxy) is 4. The monoisotopic (exact) mass is 900 g/mol. The third kappa shape index (κ3) is 15.3. The Balaban J connectivity index is 0.000000219. The van der Waals surface area contributed by atoms with Gasteiger partial charge in [0.1, 0.15) is 33.3 Å². The summed E-state index contributed by atoms with van der Waals surface area (Å²) in [6, 6.07) is 36.0. The van der Waals surface area contributed by atoms with Gasteiger partial charge < -0.3 is 24.3 Å². The number of halogens is 3. The van der Waals surface area contributed by atoms with Crippen molar-refractivity contribution in [2.75, 3.05) is 28.4 Å². The van der Waals surface area contributed by atoms with Gasteiger partial charge in [0.05, 0.1) is 38.2 Å². The number of nitrogens with zero attached hydrogens (tertiary/aromatic N) is 3. The number of rotatable bonds is 15. The van der Waals surface area contributed by atoms with E-state index in [1.54, 1.807) is 52.7 Å². The van der Waals surface area contributed by atoms with Gasteiger partial charge in [-0.3, -0.25) is 0 Å². The van der Waals surface area contributed by atoms with Gasteiger partial charge in [-0.05, 0) is 95.1 Å². The van der Waals surface area contributed by atoms with Crippen molar-refractivity contribution in [3.05, 3.63) is 166 Å². The maximum Gasteiger partial charge on any atom is 0.261 e. The van der Waals surface area contributed by atoms with Crippen LogP contribution in [0.3, 0.4) is 0 Å². The van der Waals surface area contributed by atoms with Gasteiger partial charge in [-0.2, -0.15) is 4.31 Å². The fraction of sp³-hybridized carbons (Fsp3) is 0.190. The molecular weight excluding hydrogens is 859 g/mol. The summed E-state index contributed by atoms with van der Waals surface area (Å²) in [7, 11) is 4.06. The van der Waals surface area contributed by atoms with Gasteiger partial charge in [-0.1, -0.05) is 71.7 Å². The highest BCUT2D eigenvalue weighted by Crippen LogP contribution is 2.25. The van der Waals surface area contributed by atoms with E-state index in [1.807, 2.05) is 48.5 Å². The van der Waals surface area contributed by atoms with Crippen molar-refractivity contribution >= 4 is 53.0 Å². The Bertz CT molecular complexity index is 2330. The predicted molar refractivity (Wildman–Crippen MR) is 230 cm³/mol. The maximum atomic E-state index is 13.3. The lowest BCUT2D eigenvalue weighted by Gasteiger charge is -2.23. The number of aromatic nitrogens is 2. The zero-order chi connectivity index (χ0) is 42.8. The molecule has 17 heteroatoms. The van der Waals surface area contributed by atoms with E-state index in [0.717, 1.165) is 35.7 Å².